The Labute approximate surface area is 183 Å². The van der Waals surface area contributed by atoms with Crippen molar-refractivity contribution in [3.05, 3.63) is 29.8 Å². The number of piperazine rings is 1. The molecule has 0 amide bonds. The lowest BCUT2D eigenvalue weighted by molar-refractivity contribution is 0.122. The standard InChI is InChI=1S/C26H41N3O/c1-21(2)20-27-11-13-29(14-12-27)25-6-5-23(28-15-17-30-18-16-28)19-24(25)22-7-9-26(3,4)10-8-22/h5-7,19,21H,8-18,20H2,1-4H3. The van der Waals surface area contributed by atoms with Gasteiger partial charge >= 0.3 is 0 Å². The van der Waals surface area contributed by atoms with Crippen LogP contribution in [0.2, 0.25) is 0 Å². The first kappa shape index (κ1) is 21.7. The van der Waals surface area contributed by atoms with E-state index in [9.17, 15) is 0 Å². The van der Waals surface area contributed by atoms with Crippen molar-refractivity contribution in [3.63, 3.8) is 0 Å². The van der Waals surface area contributed by atoms with Crippen molar-refractivity contribution in [1.29, 1.82) is 0 Å². The van der Waals surface area contributed by atoms with E-state index in [-0.39, 0.29) is 0 Å². The summed E-state index contributed by atoms with van der Waals surface area (Å²) in [6.07, 6.45) is 6.19. The molecule has 1 aromatic carbocycles. The molecule has 4 heteroatoms. The third kappa shape index (κ3) is 5.20. The second kappa shape index (κ2) is 9.32. The Bertz CT molecular complexity index is 741. The monoisotopic (exact) mass is 411 g/mol. The summed E-state index contributed by atoms with van der Waals surface area (Å²) in [6.45, 7) is 19.0. The van der Waals surface area contributed by atoms with E-state index in [0.29, 0.717) is 5.41 Å². The van der Waals surface area contributed by atoms with Crippen LogP contribution in [-0.4, -0.2) is 63.9 Å². The van der Waals surface area contributed by atoms with Crippen LogP contribution in [0.15, 0.2) is 24.3 Å². The van der Waals surface area contributed by atoms with Crippen molar-refractivity contribution in [3.8, 4) is 0 Å². The van der Waals surface area contributed by atoms with Gasteiger partial charge in [-0.2, -0.15) is 0 Å². The second-order valence-electron chi connectivity index (χ2n) is 10.6. The van der Waals surface area contributed by atoms with Crippen LogP contribution in [0, 0.1) is 11.3 Å². The molecule has 3 aliphatic rings. The molecule has 0 saturated carbocycles. The predicted molar refractivity (Wildman–Crippen MR) is 129 cm³/mol. The molecule has 0 radical (unpaired) electrons. The fourth-order valence-electron chi connectivity index (χ4n) is 5.08. The van der Waals surface area contributed by atoms with E-state index in [1.807, 2.05) is 0 Å². The Morgan fingerprint density at radius 2 is 1.70 bits per heavy atom. The zero-order valence-corrected chi connectivity index (χ0v) is 19.6. The van der Waals surface area contributed by atoms with Gasteiger partial charge in [0.2, 0.25) is 0 Å². The van der Waals surface area contributed by atoms with Gasteiger partial charge in [0, 0.05) is 62.8 Å². The Morgan fingerprint density at radius 1 is 0.967 bits per heavy atom. The van der Waals surface area contributed by atoms with Gasteiger partial charge < -0.3 is 14.5 Å². The molecule has 166 valence electrons. The minimum Gasteiger partial charge on any atom is -0.378 e. The van der Waals surface area contributed by atoms with Crippen LogP contribution in [-0.2, 0) is 4.74 Å². The van der Waals surface area contributed by atoms with Crippen LogP contribution in [0.5, 0.6) is 0 Å². The van der Waals surface area contributed by atoms with Gasteiger partial charge in [-0.3, -0.25) is 4.90 Å². The molecular weight excluding hydrogens is 370 g/mol. The van der Waals surface area contributed by atoms with Crippen molar-refractivity contribution < 1.29 is 4.74 Å². The highest BCUT2D eigenvalue weighted by atomic mass is 16.5. The molecule has 0 bridgehead atoms. The summed E-state index contributed by atoms with van der Waals surface area (Å²) in [5, 5.41) is 0. The SMILES string of the molecule is CC(C)CN1CCN(c2ccc(N3CCOCC3)cc2C2=CCC(C)(C)CC2)CC1. The second-order valence-corrected chi connectivity index (χ2v) is 10.6. The van der Waals surface area contributed by atoms with Gasteiger partial charge in [0.05, 0.1) is 13.2 Å². The molecule has 0 unspecified atom stereocenters. The van der Waals surface area contributed by atoms with Crippen LogP contribution in [0.3, 0.4) is 0 Å². The van der Waals surface area contributed by atoms with E-state index in [0.717, 1.165) is 45.3 Å². The van der Waals surface area contributed by atoms with Gasteiger partial charge in [-0.25, -0.2) is 0 Å². The van der Waals surface area contributed by atoms with Crippen molar-refractivity contribution in [2.24, 2.45) is 11.3 Å². The topological polar surface area (TPSA) is 19.0 Å². The third-order valence-corrected chi connectivity index (χ3v) is 7.01. The highest BCUT2D eigenvalue weighted by molar-refractivity contribution is 5.80. The maximum absolute atomic E-state index is 5.58. The van der Waals surface area contributed by atoms with E-state index in [1.165, 1.54) is 55.8 Å². The van der Waals surface area contributed by atoms with Crippen molar-refractivity contribution in [2.45, 2.75) is 47.0 Å². The number of hydrogen-bond acceptors (Lipinski definition) is 4. The van der Waals surface area contributed by atoms with E-state index < -0.39 is 0 Å². The van der Waals surface area contributed by atoms with Gasteiger partial charge in [0.15, 0.2) is 0 Å². The minimum atomic E-state index is 0.438. The summed E-state index contributed by atoms with van der Waals surface area (Å²) in [7, 11) is 0. The largest absolute Gasteiger partial charge is 0.378 e. The number of ether oxygens (including phenoxy) is 1. The first-order chi connectivity index (χ1) is 14.4. The van der Waals surface area contributed by atoms with Gasteiger partial charge in [0.25, 0.3) is 0 Å². The molecule has 4 rings (SSSR count). The van der Waals surface area contributed by atoms with Gasteiger partial charge in [0.1, 0.15) is 0 Å². The summed E-state index contributed by atoms with van der Waals surface area (Å²) in [4.78, 5) is 7.76. The molecule has 0 N–H and O–H groups in total. The molecule has 0 spiro atoms. The molecule has 0 aromatic heterocycles. The van der Waals surface area contributed by atoms with Crippen LogP contribution < -0.4 is 9.80 Å². The fourth-order valence-corrected chi connectivity index (χ4v) is 5.08. The highest BCUT2D eigenvalue weighted by Gasteiger charge is 2.26. The normalized spacial score (nSPS) is 23.0. The van der Waals surface area contributed by atoms with E-state index >= 15 is 0 Å². The molecular formula is C26H41N3O. The average Bonchev–Trinajstić information content (AvgIpc) is 2.74. The molecule has 1 aromatic rings. The summed E-state index contributed by atoms with van der Waals surface area (Å²) in [5.41, 5.74) is 6.28. The number of benzene rings is 1. The number of rotatable bonds is 5. The van der Waals surface area contributed by atoms with Crippen molar-refractivity contribution >= 4 is 16.9 Å². The Morgan fingerprint density at radius 3 is 2.33 bits per heavy atom. The molecule has 4 nitrogen and oxygen atoms in total. The van der Waals surface area contributed by atoms with E-state index in [1.54, 1.807) is 5.57 Å². The first-order valence-electron chi connectivity index (χ1n) is 12.0. The molecule has 30 heavy (non-hydrogen) atoms. The maximum Gasteiger partial charge on any atom is 0.0642 e. The first-order valence-corrected chi connectivity index (χ1v) is 12.0. The number of hydrogen-bond donors (Lipinski definition) is 0. The number of nitrogens with zero attached hydrogens (tertiary/aromatic N) is 3. The summed E-state index contributed by atoms with van der Waals surface area (Å²) in [5.74, 6) is 0.746. The predicted octanol–water partition coefficient (Wildman–Crippen LogP) is 4.89. The van der Waals surface area contributed by atoms with E-state index in [4.69, 9.17) is 4.74 Å². The van der Waals surface area contributed by atoms with Gasteiger partial charge in [-0.05, 0) is 54.4 Å². The van der Waals surface area contributed by atoms with Crippen LogP contribution >= 0.6 is 0 Å². The zero-order chi connectivity index (χ0) is 21.1. The van der Waals surface area contributed by atoms with Crippen LogP contribution in [0.4, 0.5) is 11.4 Å². The summed E-state index contributed by atoms with van der Waals surface area (Å²) in [6, 6.07) is 7.22. The summed E-state index contributed by atoms with van der Waals surface area (Å²) < 4.78 is 5.58. The third-order valence-electron chi connectivity index (χ3n) is 7.01. The molecule has 2 fully saturated rings. The van der Waals surface area contributed by atoms with Crippen LogP contribution in [0.25, 0.3) is 5.57 Å². The summed E-state index contributed by atoms with van der Waals surface area (Å²) >= 11 is 0. The van der Waals surface area contributed by atoms with Gasteiger partial charge in [-0.15, -0.1) is 0 Å². The number of anilines is 2. The zero-order valence-electron chi connectivity index (χ0n) is 19.6. The number of allylic oxidation sites excluding steroid dienone is 2. The molecule has 0 atom stereocenters. The Kier molecular flexibility index (Phi) is 6.74. The lowest BCUT2D eigenvalue weighted by Crippen LogP contribution is -2.47. The lowest BCUT2D eigenvalue weighted by Gasteiger charge is -2.39. The highest BCUT2D eigenvalue weighted by Crippen LogP contribution is 2.42. The molecule has 1 aliphatic carbocycles. The fraction of sp³-hybridized carbons (Fsp3) is 0.692. The van der Waals surface area contributed by atoms with E-state index in [2.05, 4.69) is 66.7 Å². The number of morpholine rings is 1. The van der Waals surface area contributed by atoms with Crippen molar-refractivity contribution in [2.75, 3.05) is 68.8 Å². The average molecular weight is 412 g/mol. The smallest absolute Gasteiger partial charge is 0.0642 e. The van der Waals surface area contributed by atoms with Gasteiger partial charge in [-0.1, -0.05) is 33.8 Å². The molecule has 2 saturated heterocycles. The van der Waals surface area contributed by atoms with Crippen molar-refractivity contribution in [1.82, 2.24) is 4.90 Å². The lowest BCUT2D eigenvalue weighted by atomic mass is 9.76. The Hall–Kier alpha value is -1.52. The van der Waals surface area contributed by atoms with Crippen LogP contribution in [0.1, 0.15) is 52.5 Å². The molecule has 2 heterocycles. The molecule has 2 aliphatic heterocycles. The quantitative estimate of drug-likeness (QED) is 0.686. The minimum absolute atomic E-state index is 0.438. The maximum atomic E-state index is 5.58. The Balaban J connectivity index is 1.58.